The van der Waals surface area contributed by atoms with Crippen molar-refractivity contribution in [2.24, 2.45) is 5.41 Å². The number of allylic oxidation sites excluding steroid dienone is 5. The lowest BCUT2D eigenvalue weighted by atomic mass is 9.66. The third-order valence-electron chi connectivity index (χ3n) is 7.48. The van der Waals surface area contributed by atoms with E-state index in [0.717, 1.165) is 11.8 Å². The van der Waals surface area contributed by atoms with Crippen LogP contribution in [-0.2, 0) is 0 Å². The standard InChI is InChI=1S/C27H18F6S2/c1-23-14-19(16-11-7-4-8-12-16)34-22(23)21-20(25(28,29)27(32,33)26(21,30)31)17-13-18(35-24(17,23)2)15-9-5-3-6-10-15/h3-14H,1-2H3. The van der Waals surface area contributed by atoms with Crippen LogP contribution >= 0.6 is 23.5 Å². The van der Waals surface area contributed by atoms with E-state index in [4.69, 9.17) is 0 Å². The summed E-state index contributed by atoms with van der Waals surface area (Å²) in [5, 5.41) is 0. The summed E-state index contributed by atoms with van der Waals surface area (Å²) in [5.74, 6) is -15.6. The zero-order chi connectivity index (χ0) is 25.0. The fraction of sp³-hybridized carbons (Fsp3) is 0.259. The first-order valence-corrected chi connectivity index (χ1v) is 12.6. The van der Waals surface area contributed by atoms with E-state index >= 15 is 17.6 Å². The highest BCUT2D eigenvalue weighted by atomic mass is 32.2. The SMILES string of the molecule is CC12C=C(c3ccccc3)SC1=C1C(=C3C=C(c4ccccc4)SC32C)C(F)(F)C(F)(F)C1(F)F. The molecular weight excluding hydrogens is 502 g/mol. The molecule has 2 heterocycles. The van der Waals surface area contributed by atoms with Gasteiger partial charge < -0.3 is 0 Å². The Kier molecular flexibility index (Phi) is 4.56. The fourth-order valence-electron chi connectivity index (χ4n) is 5.38. The quantitative estimate of drug-likeness (QED) is 0.363. The highest BCUT2D eigenvalue weighted by molar-refractivity contribution is 8.12. The first-order valence-electron chi connectivity index (χ1n) is 10.9. The van der Waals surface area contributed by atoms with Gasteiger partial charge in [0, 0.05) is 31.3 Å². The van der Waals surface area contributed by atoms with Crippen LogP contribution in [0.25, 0.3) is 9.81 Å². The van der Waals surface area contributed by atoms with Crippen LogP contribution in [0.2, 0.25) is 0 Å². The van der Waals surface area contributed by atoms with Crippen LogP contribution in [0.15, 0.2) is 94.4 Å². The van der Waals surface area contributed by atoms with Crippen molar-refractivity contribution in [3.63, 3.8) is 0 Å². The number of alkyl halides is 6. The maximum atomic E-state index is 15.3. The summed E-state index contributed by atoms with van der Waals surface area (Å²) in [6.45, 7) is 3.38. The smallest absolute Gasteiger partial charge is 0.194 e. The topological polar surface area (TPSA) is 0 Å². The normalized spacial score (nSPS) is 31.7. The molecule has 0 bridgehead atoms. The molecule has 0 saturated heterocycles. The molecule has 2 unspecified atom stereocenters. The van der Waals surface area contributed by atoms with Gasteiger partial charge in [0.15, 0.2) is 0 Å². The van der Waals surface area contributed by atoms with E-state index in [-0.39, 0.29) is 10.5 Å². The van der Waals surface area contributed by atoms with Crippen LogP contribution in [-0.4, -0.2) is 22.5 Å². The van der Waals surface area contributed by atoms with Gasteiger partial charge in [0.1, 0.15) is 0 Å². The van der Waals surface area contributed by atoms with Crippen molar-refractivity contribution in [1.82, 2.24) is 0 Å². The molecule has 0 aromatic heterocycles. The predicted octanol–water partition coefficient (Wildman–Crippen LogP) is 8.81. The van der Waals surface area contributed by atoms with Gasteiger partial charge in [-0.2, -0.15) is 26.3 Å². The van der Waals surface area contributed by atoms with Gasteiger partial charge in [-0.25, -0.2) is 0 Å². The van der Waals surface area contributed by atoms with Crippen LogP contribution in [0, 0.1) is 5.41 Å². The van der Waals surface area contributed by atoms with Crippen LogP contribution in [0.5, 0.6) is 0 Å². The van der Waals surface area contributed by atoms with E-state index in [1.165, 1.54) is 17.8 Å². The predicted molar refractivity (Wildman–Crippen MR) is 129 cm³/mol. The van der Waals surface area contributed by atoms with E-state index < -0.39 is 39.1 Å². The molecule has 2 atom stereocenters. The Morgan fingerprint density at radius 3 is 1.74 bits per heavy atom. The van der Waals surface area contributed by atoms with Crippen LogP contribution in [0.3, 0.4) is 0 Å². The zero-order valence-electron chi connectivity index (χ0n) is 18.5. The largest absolute Gasteiger partial charge is 0.380 e. The molecule has 6 rings (SSSR count). The highest BCUT2D eigenvalue weighted by Gasteiger charge is 2.84. The molecule has 2 aromatic carbocycles. The van der Waals surface area contributed by atoms with Crippen molar-refractivity contribution in [2.45, 2.75) is 36.4 Å². The fourth-order valence-corrected chi connectivity index (χ4v) is 8.54. The van der Waals surface area contributed by atoms with Crippen molar-refractivity contribution in [3.8, 4) is 0 Å². The second-order valence-corrected chi connectivity index (χ2v) is 11.9. The number of halogens is 6. The maximum Gasteiger partial charge on any atom is 0.380 e. The number of hydrogen-bond acceptors (Lipinski definition) is 2. The number of benzene rings is 2. The average molecular weight is 521 g/mol. The number of rotatable bonds is 2. The Bertz CT molecular complexity index is 1390. The molecule has 4 aliphatic rings. The van der Waals surface area contributed by atoms with Gasteiger partial charge in [-0.3, -0.25) is 0 Å². The maximum absolute atomic E-state index is 15.3. The lowest BCUT2D eigenvalue weighted by Gasteiger charge is -2.46. The Labute approximate surface area is 206 Å². The van der Waals surface area contributed by atoms with E-state index in [1.54, 1.807) is 80.6 Å². The average Bonchev–Trinajstić information content (AvgIpc) is 3.40. The molecule has 0 nitrogen and oxygen atoms in total. The van der Waals surface area contributed by atoms with E-state index in [1.807, 2.05) is 0 Å². The Morgan fingerprint density at radius 1 is 0.657 bits per heavy atom. The second-order valence-electron chi connectivity index (χ2n) is 9.40. The molecule has 2 aromatic rings. The minimum absolute atomic E-state index is 0.130. The van der Waals surface area contributed by atoms with Gasteiger partial charge in [-0.05, 0) is 36.6 Å². The van der Waals surface area contributed by atoms with Crippen molar-refractivity contribution < 1.29 is 26.3 Å². The zero-order valence-corrected chi connectivity index (χ0v) is 20.1. The van der Waals surface area contributed by atoms with Gasteiger partial charge in [0.2, 0.25) is 0 Å². The Morgan fingerprint density at radius 2 is 1.17 bits per heavy atom. The Balaban J connectivity index is 1.67. The van der Waals surface area contributed by atoms with Gasteiger partial charge in [-0.15, -0.1) is 11.8 Å². The molecule has 0 amide bonds. The lowest BCUT2D eigenvalue weighted by Crippen LogP contribution is -2.47. The summed E-state index contributed by atoms with van der Waals surface area (Å²) >= 11 is 2.16. The molecular formula is C27H18F6S2. The second kappa shape index (κ2) is 6.91. The van der Waals surface area contributed by atoms with Crippen LogP contribution in [0.1, 0.15) is 25.0 Å². The van der Waals surface area contributed by atoms with Gasteiger partial charge in [0.05, 0.1) is 4.75 Å². The minimum atomic E-state index is -5.54. The first-order chi connectivity index (χ1) is 16.4. The molecule has 2 aliphatic carbocycles. The first kappa shape index (κ1) is 23.1. The van der Waals surface area contributed by atoms with Gasteiger partial charge in [-0.1, -0.05) is 78.5 Å². The molecule has 180 valence electrons. The molecule has 1 saturated carbocycles. The molecule has 0 N–H and O–H groups in total. The highest BCUT2D eigenvalue weighted by Crippen LogP contribution is 2.76. The molecule has 35 heavy (non-hydrogen) atoms. The van der Waals surface area contributed by atoms with Crippen molar-refractivity contribution in [3.05, 3.63) is 106 Å². The van der Waals surface area contributed by atoms with Gasteiger partial charge >= 0.3 is 17.8 Å². The third-order valence-corrected chi connectivity index (χ3v) is 10.5. The van der Waals surface area contributed by atoms with Crippen molar-refractivity contribution in [1.29, 1.82) is 0 Å². The molecule has 0 radical (unpaired) electrons. The minimum Gasteiger partial charge on any atom is -0.194 e. The van der Waals surface area contributed by atoms with Crippen LogP contribution < -0.4 is 0 Å². The summed E-state index contributed by atoms with van der Waals surface area (Å²) < 4.78 is 89.6. The molecule has 1 fully saturated rings. The van der Waals surface area contributed by atoms with Crippen LogP contribution in [0.4, 0.5) is 26.3 Å². The van der Waals surface area contributed by atoms with Gasteiger partial charge in [0.25, 0.3) is 0 Å². The van der Waals surface area contributed by atoms with Crippen molar-refractivity contribution >= 4 is 33.3 Å². The summed E-state index contributed by atoms with van der Waals surface area (Å²) in [4.78, 5) is 1.04. The summed E-state index contributed by atoms with van der Waals surface area (Å²) in [6.07, 6.45) is 3.19. The third kappa shape index (κ3) is 2.65. The molecule has 2 aliphatic heterocycles. The summed E-state index contributed by atoms with van der Waals surface area (Å²) in [6, 6.07) is 17.9. The lowest BCUT2D eigenvalue weighted by molar-refractivity contribution is -0.258. The van der Waals surface area contributed by atoms with E-state index in [0.29, 0.717) is 20.9 Å². The molecule has 8 heteroatoms. The number of fused-ring (bicyclic) bond motifs is 4. The van der Waals surface area contributed by atoms with Crippen molar-refractivity contribution in [2.75, 3.05) is 0 Å². The van der Waals surface area contributed by atoms with E-state index in [9.17, 15) is 8.78 Å². The molecule has 0 spiro atoms. The summed E-state index contributed by atoms with van der Waals surface area (Å²) in [5.41, 5.74) is -2.39. The number of thioether (sulfide) groups is 2. The Hall–Kier alpha value is -2.32. The summed E-state index contributed by atoms with van der Waals surface area (Å²) in [7, 11) is 0. The monoisotopic (exact) mass is 520 g/mol. The van der Waals surface area contributed by atoms with E-state index in [2.05, 4.69) is 0 Å². The number of hydrogen-bond donors (Lipinski definition) is 0.